The summed E-state index contributed by atoms with van der Waals surface area (Å²) in [6.07, 6.45) is 0.386. The van der Waals surface area contributed by atoms with Crippen LogP contribution < -0.4 is 5.43 Å². The van der Waals surface area contributed by atoms with E-state index in [2.05, 4.69) is 0 Å². The van der Waals surface area contributed by atoms with Gasteiger partial charge in [-0.25, -0.2) is 8.42 Å². The first kappa shape index (κ1) is 17.9. The molecule has 0 unspecified atom stereocenters. The predicted octanol–water partition coefficient (Wildman–Crippen LogP) is 2.68. The van der Waals surface area contributed by atoms with Gasteiger partial charge in [0.2, 0.25) is 0 Å². The van der Waals surface area contributed by atoms with Crippen LogP contribution in [0.4, 0.5) is 0 Å². The molecule has 1 atom stereocenters. The average Bonchev–Trinajstić information content (AvgIpc) is 3.28. The second-order valence-corrected chi connectivity index (χ2v) is 9.80. The van der Waals surface area contributed by atoms with Gasteiger partial charge in [0, 0.05) is 17.0 Å². The molecule has 0 radical (unpaired) electrons. The van der Waals surface area contributed by atoms with Crippen molar-refractivity contribution in [3.63, 3.8) is 0 Å². The van der Waals surface area contributed by atoms with E-state index in [4.69, 9.17) is 4.42 Å². The fourth-order valence-corrected chi connectivity index (χ4v) is 5.74. The second kappa shape index (κ2) is 6.94. The van der Waals surface area contributed by atoms with Crippen molar-refractivity contribution in [1.29, 1.82) is 0 Å². The molecular weight excluding hydrogens is 386 g/mol. The number of nitrogens with zero attached hydrogens (tertiary/aromatic N) is 1. The van der Waals surface area contributed by atoms with Gasteiger partial charge in [-0.1, -0.05) is 18.2 Å². The zero-order chi connectivity index (χ0) is 19.0. The van der Waals surface area contributed by atoms with Crippen molar-refractivity contribution in [3.05, 3.63) is 68.7 Å². The van der Waals surface area contributed by atoms with Crippen LogP contribution in [0.1, 0.15) is 21.9 Å². The zero-order valence-electron chi connectivity index (χ0n) is 14.3. The first-order chi connectivity index (χ1) is 12.9. The lowest BCUT2D eigenvalue weighted by Crippen LogP contribution is -2.40. The van der Waals surface area contributed by atoms with Crippen LogP contribution in [-0.4, -0.2) is 36.8 Å². The lowest BCUT2D eigenvalue weighted by atomic mass is 10.1. The number of para-hydroxylation sites is 1. The van der Waals surface area contributed by atoms with E-state index in [0.717, 1.165) is 4.88 Å². The van der Waals surface area contributed by atoms with E-state index in [9.17, 15) is 18.0 Å². The van der Waals surface area contributed by atoms with Crippen molar-refractivity contribution in [2.75, 3.05) is 11.5 Å². The quantitative estimate of drug-likeness (QED) is 0.669. The van der Waals surface area contributed by atoms with Gasteiger partial charge in [0.05, 0.1) is 23.4 Å². The maximum atomic E-state index is 13.2. The van der Waals surface area contributed by atoms with Crippen LogP contribution >= 0.6 is 11.3 Å². The third-order valence-electron chi connectivity index (χ3n) is 4.66. The topological polar surface area (TPSA) is 84.7 Å². The molecule has 0 N–H and O–H groups in total. The first-order valence-corrected chi connectivity index (χ1v) is 11.2. The van der Waals surface area contributed by atoms with Gasteiger partial charge in [0.25, 0.3) is 5.91 Å². The van der Waals surface area contributed by atoms with Crippen molar-refractivity contribution < 1.29 is 17.6 Å². The molecule has 0 bridgehead atoms. The van der Waals surface area contributed by atoms with Gasteiger partial charge in [0.15, 0.2) is 21.0 Å². The minimum absolute atomic E-state index is 0.0631. The highest BCUT2D eigenvalue weighted by molar-refractivity contribution is 7.91. The number of rotatable bonds is 4. The van der Waals surface area contributed by atoms with Gasteiger partial charge < -0.3 is 9.32 Å². The molecule has 4 rings (SSSR count). The number of hydrogen-bond donors (Lipinski definition) is 0. The number of fused-ring (bicyclic) bond motifs is 1. The van der Waals surface area contributed by atoms with E-state index in [1.165, 1.54) is 22.3 Å². The van der Waals surface area contributed by atoms with Gasteiger partial charge in [-0.15, -0.1) is 11.3 Å². The number of sulfone groups is 1. The number of benzene rings is 1. The van der Waals surface area contributed by atoms with Gasteiger partial charge in [0.1, 0.15) is 5.58 Å². The largest absolute Gasteiger partial charge is 0.451 e. The van der Waals surface area contributed by atoms with E-state index in [1.807, 2.05) is 17.5 Å². The summed E-state index contributed by atoms with van der Waals surface area (Å²) in [6, 6.07) is 11.3. The average molecular weight is 403 g/mol. The van der Waals surface area contributed by atoms with E-state index in [0.29, 0.717) is 17.4 Å². The normalized spacial score (nSPS) is 18.6. The van der Waals surface area contributed by atoms with Crippen molar-refractivity contribution in [1.82, 2.24) is 4.90 Å². The summed E-state index contributed by atoms with van der Waals surface area (Å²) < 4.78 is 29.5. The summed E-state index contributed by atoms with van der Waals surface area (Å²) in [7, 11) is -3.16. The SMILES string of the molecule is O=C(c1cc(=O)c2ccccc2o1)N(Cc1cccs1)[C@@H]1CCS(=O)(=O)C1. The number of hydrogen-bond acceptors (Lipinski definition) is 6. The Hall–Kier alpha value is -2.45. The molecule has 6 nitrogen and oxygen atoms in total. The predicted molar refractivity (Wildman–Crippen MR) is 104 cm³/mol. The maximum Gasteiger partial charge on any atom is 0.290 e. The Bertz CT molecular complexity index is 1150. The molecule has 27 heavy (non-hydrogen) atoms. The smallest absolute Gasteiger partial charge is 0.290 e. The van der Waals surface area contributed by atoms with Crippen molar-refractivity contribution in [3.8, 4) is 0 Å². The molecule has 1 saturated heterocycles. The van der Waals surface area contributed by atoms with Crippen molar-refractivity contribution in [2.45, 2.75) is 19.0 Å². The standard InChI is InChI=1S/C19H17NO5S2/c21-16-10-18(25-17-6-2-1-5-15(16)17)19(22)20(11-14-4-3-8-26-14)13-7-9-27(23,24)12-13/h1-6,8,10,13H,7,9,11-12H2/t13-/m1/s1. The molecule has 0 aliphatic carbocycles. The van der Waals surface area contributed by atoms with E-state index < -0.39 is 21.8 Å². The molecule has 2 aromatic heterocycles. The molecule has 0 saturated carbocycles. The first-order valence-electron chi connectivity index (χ1n) is 8.50. The number of amides is 1. The van der Waals surface area contributed by atoms with Crippen molar-refractivity contribution in [2.24, 2.45) is 0 Å². The minimum Gasteiger partial charge on any atom is -0.451 e. The lowest BCUT2D eigenvalue weighted by molar-refractivity contribution is 0.0651. The zero-order valence-corrected chi connectivity index (χ0v) is 16.0. The Labute approximate surface area is 160 Å². The van der Waals surface area contributed by atoms with Gasteiger partial charge in [-0.2, -0.15) is 0 Å². The highest BCUT2D eigenvalue weighted by Crippen LogP contribution is 2.24. The molecule has 140 valence electrons. The fourth-order valence-electron chi connectivity index (χ4n) is 3.31. The summed E-state index contributed by atoms with van der Waals surface area (Å²) in [5.41, 5.74) is 0.0405. The monoisotopic (exact) mass is 403 g/mol. The van der Waals surface area contributed by atoms with E-state index in [1.54, 1.807) is 24.3 Å². The molecule has 0 spiro atoms. The molecule has 3 heterocycles. The minimum atomic E-state index is -3.16. The molecular formula is C19H17NO5S2. The Morgan fingerprint density at radius 3 is 2.74 bits per heavy atom. The van der Waals surface area contributed by atoms with Crippen LogP contribution in [0, 0.1) is 0 Å². The Kier molecular flexibility index (Phi) is 4.61. The van der Waals surface area contributed by atoms with Gasteiger partial charge >= 0.3 is 0 Å². The lowest BCUT2D eigenvalue weighted by Gasteiger charge is -2.27. The molecule has 1 fully saturated rings. The summed E-state index contributed by atoms with van der Waals surface area (Å²) in [4.78, 5) is 28.0. The fraction of sp³-hybridized carbons (Fsp3) is 0.263. The summed E-state index contributed by atoms with van der Waals surface area (Å²) in [6.45, 7) is 0.285. The van der Waals surface area contributed by atoms with Gasteiger partial charge in [-0.05, 0) is 30.0 Å². The number of carbonyl (C=O) groups excluding carboxylic acids is 1. The highest BCUT2D eigenvalue weighted by atomic mass is 32.2. The summed E-state index contributed by atoms with van der Waals surface area (Å²) in [5, 5.41) is 2.31. The number of thiophene rings is 1. The van der Waals surface area contributed by atoms with E-state index >= 15 is 0 Å². The molecule has 3 aromatic rings. The summed E-state index contributed by atoms with van der Waals surface area (Å²) >= 11 is 1.49. The molecule has 1 amide bonds. The van der Waals surface area contributed by atoms with Crippen LogP contribution in [0.5, 0.6) is 0 Å². The molecule has 1 aromatic carbocycles. The molecule has 1 aliphatic heterocycles. The Morgan fingerprint density at radius 1 is 1.22 bits per heavy atom. The third kappa shape index (κ3) is 3.68. The Morgan fingerprint density at radius 2 is 2.04 bits per heavy atom. The van der Waals surface area contributed by atoms with Crippen LogP contribution in [-0.2, 0) is 16.4 Å². The second-order valence-electron chi connectivity index (χ2n) is 6.54. The molecule has 1 aliphatic rings. The van der Waals surface area contributed by atoms with Crippen LogP contribution in [0.15, 0.2) is 57.1 Å². The van der Waals surface area contributed by atoms with Crippen LogP contribution in [0.2, 0.25) is 0 Å². The maximum absolute atomic E-state index is 13.2. The highest BCUT2D eigenvalue weighted by Gasteiger charge is 2.36. The number of carbonyl (C=O) groups is 1. The summed E-state index contributed by atoms with van der Waals surface area (Å²) in [5.74, 6) is -0.539. The Balaban J connectivity index is 1.73. The third-order valence-corrected chi connectivity index (χ3v) is 7.27. The molecule has 8 heteroatoms. The van der Waals surface area contributed by atoms with Crippen LogP contribution in [0.3, 0.4) is 0 Å². The van der Waals surface area contributed by atoms with Crippen molar-refractivity contribution >= 4 is 38.1 Å². The van der Waals surface area contributed by atoms with Crippen LogP contribution in [0.25, 0.3) is 11.0 Å². The van der Waals surface area contributed by atoms with Gasteiger partial charge in [-0.3, -0.25) is 9.59 Å². The van der Waals surface area contributed by atoms with E-state index in [-0.39, 0.29) is 29.2 Å².